The van der Waals surface area contributed by atoms with Crippen molar-refractivity contribution in [3.63, 3.8) is 0 Å². The first-order valence-corrected chi connectivity index (χ1v) is 11.6. The number of carbonyl (C=O) groups excluding carboxylic acids is 1. The molecule has 0 bridgehead atoms. The second-order valence-electron chi connectivity index (χ2n) is 6.83. The molecule has 0 saturated heterocycles. The molecule has 1 aromatic heterocycles. The number of amides is 1. The molecular weight excluding hydrogens is 420 g/mol. The summed E-state index contributed by atoms with van der Waals surface area (Å²) in [5.41, 5.74) is 9.07. The van der Waals surface area contributed by atoms with E-state index in [2.05, 4.69) is 15.3 Å². The summed E-state index contributed by atoms with van der Waals surface area (Å²) in [6.07, 6.45) is 1.20. The Morgan fingerprint density at radius 2 is 1.80 bits per heavy atom. The second kappa shape index (κ2) is 8.85. The zero-order valence-corrected chi connectivity index (χ0v) is 18.5. The van der Waals surface area contributed by atoms with Gasteiger partial charge in [0.2, 0.25) is 15.7 Å². The van der Waals surface area contributed by atoms with Gasteiger partial charge in [0, 0.05) is 5.69 Å². The molecular formula is C21H22N4O3S2. The number of benzene rings is 2. The lowest BCUT2D eigenvalue weighted by molar-refractivity contribution is -0.113. The average molecular weight is 443 g/mol. The number of hydrogen-bond acceptors (Lipinski definition) is 7. The molecule has 3 N–H and O–H groups in total. The van der Waals surface area contributed by atoms with Crippen LogP contribution in [0.2, 0.25) is 0 Å². The van der Waals surface area contributed by atoms with Crippen molar-refractivity contribution in [3.8, 4) is 0 Å². The van der Waals surface area contributed by atoms with Gasteiger partial charge < -0.3 is 11.1 Å². The Bertz CT molecular complexity index is 1210. The average Bonchev–Trinajstić information content (AvgIpc) is 2.70. The van der Waals surface area contributed by atoms with Crippen molar-refractivity contribution < 1.29 is 13.2 Å². The second-order valence-corrected chi connectivity index (χ2v) is 9.66. The van der Waals surface area contributed by atoms with E-state index in [1.54, 1.807) is 19.1 Å². The van der Waals surface area contributed by atoms with E-state index in [9.17, 15) is 13.2 Å². The molecule has 0 fully saturated rings. The Morgan fingerprint density at radius 3 is 2.50 bits per heavy atom. The topological polar surface area (TPSA) is 115 Å². The number of thioether (sulfide) groups is 1. The molecule has 2 aromatic carbocycles. The van der Waals surface area contributed by atoms with Crippen molar-refractivity contribution in [2.45, 2.75) is 35.7 Å². The van der Waals surface area contributed by atoms with Crippen LogP contribution in [0, 0.1) is 20.8 Å². The minimum Gasteiger partial charge on any atom is -0.382 e. The summed E-state index contributed by atoms with van der Waals surface area (Å²) < 4.78 is 26.0. The van der Waals surface area contributed by atoms with Crippen LogP contribution >= 0.6 is 11.8 Å². The smallest absolute Gasteiger partial charge is 0.234 e. The molecule has 0 unspecified atom stereocenters. The Labute approximate surface area is 180 Å². The lowest BCUT2D eigenvalue weighted by Crippen LogP contribution is -2.15. The molecule has 30 heavy (non-hydrogen) atoms. The summed E-state index contributed by atoms with van der Waals surface area (Å²) >= 11 is 1.08. The molecule has 0 saturated carbocycles. The van der Waals surface area contributed by atoms with Gasteiger partial charge in [0.15, 0.2) is 5.16 Å². The zero-order valence-electron chi connectivity index (χ0n) is 16.8. The van der Waals surface area contributed by atoms with Gasteiger partial charge in [-0.3, -0.25) is 4.79 Å². The third-order valence-corrected chi connectivity index (χ3v) is 7.21. The standard InChI is InChI=1S/C21H22N4O3S2/c1-13-8-9-15(3)17(10-13)30(27,28)18-11-23-21(25-20(18)22)29-12-19(26)24-16-7-5-4-6-14(16)2/h4-11H,12H2,1-3H3,(H,24,26)(H2,22,23,25). The highest BCUT2D eigenvalue weighted by Gasteiger charge is 2.24. The zero-order chi connectivity index (χ0) is 21.9. The van der Waals surface area contributed by atoms with Gasteiger partial charge in [0.05, 0.1) is 16.8 Å². The highest BCUT2D eigenvalue weighted by atomic mass is 32.2. The molecule has 1 heterocycles. The summed E-state index contributed by atoms with van der Waals surface area (Å²) in [4.78, 5) is 20.4. The summed E-state index contributed by atoms with van der Waals surface area (Å²) in [7, 11) is -3.85. The third kappa shape index (κ3) is 4.80. The fourth-order valence-corrected chi connectivity index (χ4v) is 4.99. The number of nitrogens with one attached hydrogen (secondary N) is 1. The molecule has 1 amide bonds. The summed E-state index contributed by atoms with van der Waals surface area (Å²) in [6, 6.07) is 12.6. The van der Waals surface area contributed by atoms with Gasteiger partial charge in [-0.15, -0.1) is 0 Å². The molecule has 7 nitrogen and oxygen atoms in total. The van der Waals surface area contributed by atoms with Crippen LogP contribution in [0.15, 0.2) is 63.6 Å². The van der Waals surface area contributed by atoms with Gasteiger partial charge in [0.25, 0.3) is 0 Å². The highest BCUT2D eigenvalue weighted by molar-refractivity contribution is 7.99. The van der Waals surface area contributed by atoms with Crippen molar-refractivity contribution >= 4 is 39.0 Å². The monoisotopic (exact) mass is 442 g/mol. The summed E-state index contributed by atoms with van der Waals surface area (Å²) in [6.45, 7) is 5.45. The number of rotatable bonds is 6. The van der Waals surface area contributed by atoms with Crippen LogP contribution in [-0.4, -0.2) is 30.0 Å². The predicted molar refractivity (Wildman–Crippen MR) is 118 cm³/mol. The van der Waals surface area contributed by atoms with Crippen LogP contribution in [0.3, 0.4) is 0 Å². The number of nitrogens with zero attached hydrogens (tertiary/aromatic N) is 2. The van der Waals surface area contributed by atoms with E-state index in [4.69, 9.17) is 5.73 Å². The summed E-state index contributed by atoms with van der Waals surface area (Å²) in [5.74, 6) is -0.298. The van der Waals surface area contributed by atoms with Crippen molar-refractivity contribution in [1.29, 1.82) is 0 Å². The number of nitrogens with two attached hydrogens (primary N) is 1. The minimum atomic E-state index is -3.85. The Balaban J connectivity index is 1.74. The van der Waals surface area contributed by atoms with Gasteiger partial charge in [-0.1, -0.05) is 42.1 Å². The van der Waals surface area contributed by atoms with E-state index in [-0.39, 0.29) is 32.4 Å². The van der Waals surface area contributed by atoms with E-state index in [1.165, 1.54) is 6.20 Å². The maximum atomic E-state index is 13.0. The van der Waals surface area contributed by atoms with E-state index in [0.717, 1.165) is 28.6 Å². The SMILES string of the molecule is Cc1ccc(C)c(S(=O)(=O)c2cnc(SCC(=O)Nc3ccccc3C)nc2N)c1. The predicted octanol–water partition coefficient (Wildman–Crippen LogP) is 3.55. The van der Waals surface area contributed by atoms with Crippen LogP contribution in [0.25, 0.3) is 0 Å². The number of para-hydroxylation sites is 1. The van der Waals surface area contributed by atoms with Crippen LogP contribution in [-0.2, 0) is 14.6 Å². The molecule has 0 aliphatic rings. The molecule has 0 atom stereocenters. The van der Waals surface area contributed by atoms with Crippen molar-refractivity contribution in [1.82, 2.24) is 9.97 Å². The minimum absolute atomic E-state index is 0.0663. The third-order valence-electron chi connectivity index (χ3n) is 4.43. The molecule has 0 radical (unpaired) electrons. The van der Waals surface area contributed by atoms with E-state index >= 15 is 0 Å². The van der Waals surface area contributed by atoms with Crippen LogP contribution in [0.4, 0.5) is 11.5 Å². The van der Waals surface area contributed by atoms with Gasteiger partial charge in [0.1, 0.15) is 10.7 Å². The number of aryl methyl sites for hydroxylation is 3. The van der Waals surface area contributed by atoms with Crippen LogP contribution in [0.1, 0.15) is 16.7 Å². The number of hydrogen-bond donors (Lipinski definition) is 2. The van der Waals surface area contributed by atoms with Gasteiger partial charge in [-0.25, -0.2) is 18.4 Å². The van der Waals surface area contributed by atoms with Gasteiger partial charge >= 0.3 is 0 Å². The van der Waals surface area contributed by atoms with E-state index in [0.29, 0.717) is 5.56 Å². The molecule has 3 aromatic rings. The highest BCUT2D eigenvalue weighted by Crippen LogP contribution is 2.28. The molecule has 0 spiro atoms. The number of sulfone groups is 1. The Morgan fingerprint density at radius 1 is 1.07 bits per heavy atom. The van der Waals surface area contributed by atoms with E-state index in [1.807, 2.05) is 44.2 Å². The van der Waals surface area contributed by atoms with Gasteiger partial charge in [-0.05, 0) is 49.6 Å². The fraction of sp³-hybridized carbons (Fsp3) is 0.190. The first-order valence-electron chi connectivity index (χ1n) is 9.11. The Kier molecular flexibility index (Phi) is 6.42. The molecule has 0 aliphatic carbocycles. The maximum Gasteiger partial charge on any atom is 0.234 e. The molecule has 156 valence electrons. The summed E-state index contributed by atoms with van der Waals surface area (Å²) in [5, 5.41) is 3.05. The van der Waals surface area contributed by atoms with E-state index < -0.39 is 9.84 Å². The number of aromatic nitrogens is 2. The number of anilines is 2. The molecule has 0 aliphatic heterocycles. The van der Waals surface area contributed by atoms with Crippen molar-refractivity contribution in [2.75, 3.05) is 16.8 Å². The van der Waals surface area contributed by atoms with Crippen molar-refractivity contribution in [2.24, 2.45) is 0 Å². The first-order chi connectivity index (χ1) is 14.2. The fourth-order valence-electron chi connectivity index (χ4n) is 2.79. The van der Waals surface area contributed by atoms with Crippen LogP contribution in [0.5, 0.6) is 0 Å². The largest absolute Gasteiger partial charge is 0.382 e. The number of nitrogen functional groups attached to an aromatic ring is 1. The lowest BCUT2D eigenvalue weighted by atomic mass is 10.2. The Hall–Kier alpha value is -2.91. The van der Waals surface area contributed by atoms with Crippen LogP contribution < -0.4 is 11.1 Å². The maximum absolute atomic E-state index is 13.0. The van der Waals surface area contributed by atoms with Crippen molar-refractivity contribution in [3.05, 3.63) is 65.4 Å². The normalized spacial score (nSPS) is 11.3. The first kappa shape index (κ1) is 21.8. The van der Waals surface area contributed by atoms with Gasteiger partial charge in [-0.2, -0.15) is 0 Å². The number of carbonyl (C=O) groups is 1. The molecule has 3 rings (SSSR count). The lowest BCUT2D eigenvalue weighted by Gasteiger charge is -2.11. The quantitative estimate of drug-likeness (QED) is 0.443. The molecule has 9 heteroatoms.